The van der Waals surface area contributed by atoms with Crippen molar-refractivity contribution in [2.75, 3.05) is 6.61 Å². The maximum atomic E-state index is 14.1. The van der Waals surface area contributed by atoms with Gasteiger partial charge >= 0.3 is 8.69 Å². The number of aliphatic hydroxyl groups is 1. The molecular formula is C10H12FN2O5PS. The lowest BCUT2D eigenvalue weighted by Gasteiger charge is -2.17. The smallest absolute Gasteiger partial charge is 0.327 e. The summed E-state index contributed by atoms with van der Waals surface area (Å²) in [6.07, 6.45) is -3.96. The molecule has 1 aliphatic rings. The number of nitrogens with zero attached hydrogens (tertiary/aromatic N) is 1. The summed E-state index contributed by atoms with van der Waals surface area (Å²) in [5, 5.41) is 9.73. The van der Waals surface area contributed by atoms with Crippen molar-refractivity contribution in [3.05, 3.63) is 26.9 Å². The summed E-state index contributed by atoms with van der Waals surface area (Å²) in [6.45, 7) is 1.32. The first kappa shape index (κ1) is 15.4. The van der Waals surface area contributed by atoms with E-state index in [9.17, 15) is 18.9 Å². The molecule has 20 heavy (non-hydrogen) atoms. The summed E-state index contributed by atoms with van der Waals surface area (Å²) in [7, 11) is -0.581. The normalized spacial score (nSPS) is 29.9. The Morgan fingerprint density at radius 3 is 3.05 bits per heavy atom. The van der Waals surface area contributed by atoms with Crippen LogP contribution in [0.3, 0.4) is 0 Å². The standard InChI is InChI=1S/C10H12FN2O5PS/c1-4-2-13(10(20)12-8(4)15)9-6(11)7(14)5(18-9)3-17-19-16/h2,5-7,9,14H,3H2,1H3,(H,12,15,20)/t5-,6+,7?,9-/m0/s1. The number of ether oxygens (including phenoxy) is 1. The Kier molecular flexibility index (Phi) is 4.77. The molecule has 0 amide bonds. The summed E-state index contributed by atoms with van der Waals surface area (Å²) in [5.74, 6) is 0. The molecule has 0 aromatic carbocycles. The van der Waals surface area contributed by atoms with Crippen molar-refractivity contribution in [1.82, 2.24) is 9.55 Å². The Balaban J connectivity index is 2.30. The third kappa shape index (κ3) is 2.87. The number of aliphatic hydroxyl groups excluding tert-OH is 1. The monoisotopic (exact) mass is 322 g/mol. The predicted octanol–water partition coefficient (Wildman–Crippen LogP) is 1.03. The van der Waals surface area contributed by atoms with Crippen molar-refractivity contribution in [2.24, 2.45) is 0 Å². The lowest BCUT2D eigenvalue weighted by atomic mass is 10.1. The molecule has 4 atom stereocenters. The largest absolute Gasteiger partial charge is 0.387 e. The highest BCUT2D eigenvalue weighted by molar-refractivity contribution is 7.71. The van der Waals surface area contributed by atoms with Gasteiger partial charge in [-0.15, -0.1) is 0 Å². The fraction of sp³-hybridized carbons (Fsp3) is 0.600. The van der Waals surface area contributed by atoms with Crippen molar-refractivity contribution in [1.29, 1.82) is 0 Å². The Hall–Kier alpha value is -0.990. The zero-order valence-corrected chi connectivity index (χ0v) is 12.1. The Labute approximate surface area is 119 Å². The van der Waals surface area contributed by atoms with Gasteiger partial charge in [-0.2, -0.15) is 0 Å². The minimum atomic E-state index is -1.75. The molecule has 7 nitrogen and oxygen atoms in total. The van der Waals surface area contributed by atoms with E-state index in [0.717, 1.165) is 0 Å². The van der Waals surface area contributed by atoms with Gasteiger partial charge in [0, 0.05) is 11.8 Å². The molecule has 1 aliphatic heterocycles. The molecule has 10 heteroatoms. The summed E-state index contributed by atoms with van der Waals surface area (Å²) in [4.78, 5) is 13.8. The van der Waals surface area contributed by atoms with Crippen LogP contribution >= 0.6 is 20.9 Å². The second-order valence-electron chi connectivity index (χ2n) is 4.35. The van der Waals surface area contributed by atoms with Gasteiger partial charge in [-0.05, 0) is 19.1 Å². The first-order chi connectivity index (χ1) is 9.45. The predicted molar refractivity (Wildman–Crippen MR) is 69.0 cm³/mol. The molecular weight excluding hydrogens is 310 g/mol. The molecule has 1 fully saturated rings. The van der Waals surface area contributed by atoms with Gasteiger partial charge in [-0.3, -0.25) is 18.9 Å². The van der Waals surface area contributed by atoms with Crippen LogP contribution in [0.1, 0.15) is 11.8 Å². The van der Waals surface area contributed by atoms with Gasteiger partial charge in [0.2, 0.25) is 0 Å². The Bertz CT molecular complexity index is 620. The molecule has 0 radical (unpaired) electrons. The van der Waals surface area contributed by atoms with Crippen LogP contribution in [0.4, 0.5) is 4.39 Å². The minimum absolute atomic E-state index is 0.0102. The lowest BCUT2D eigenvalue weighted by molar-refractivity contribution is -0.0423. The number of aromatic nitrogens is 2. The summed E-state index contributed by atoms with van der Waals surface area (Å²) < 4.78 is 35.4. The molecule has 0 saturated carbocycles. The van der Waals surface area contributed by atoms with Crippen molar-refractivity contribution >= 4 is 20.9 Å². The molecule has 2 N–H and O–H groups in total. The van der Waals surface area contributed by atoms with Crippen molar-refractivity contribution < 1.29 is 23.3 Å². The summed E-state index contributed by atoms with van der Waals surface area (Å²) >= 11 is 4.95. The van der Waals surface area contributed by atoms with Crippen LogP contribution in [0.25, 0.3) is 0 Å². The molecule has 2 heterocycles. The van der Waals surface area contributed by atoms with Crippen LogP contribution in [0.15, 0.2) is 11.0 Å². The van der Waals surface area contributed by atoms with Crippen molar-refractivity contribution in [2.45, 2.75) is 31.5 Å². The van der Waals surface area contributed by atoms with Gasteiger partial charge in [0.1, 0.15) is 12.2 Å². The van der Waals surface area contributed by atoms with Crippen LogP contribution in [-0.4, -0.2) is 39.6 Å². The first-order valence-corrected chi connectivity index (χ1v) is 6.84. The quantitative estimate of drug-likeness (QED) is 0.635. The number of H-pyrrole nitrogens is 1. The van der Waals surface area contributed by atoms with E-state index in [0.29, 0.717) is 5.56 Å². The van der Waals surface area contributed by atoms with E-state index in [1.54, 1.807) is 6.92 Å². The average molecular weight is 322 g/mol. The van der Waals surface area contributed by atoms with Crippen LogP contribution < -0.4 is 5.56 Å². The lowest BCUT2D eigenvalue weighted by Crippen LogP contribution is -2.31. The molecule has 2 rings (SSSR count). The van der Waals surface area contributed by atoms with E-state index in [-0.39, 0.29) is 16.9 Å². The number of nitrogens with one attached hydrogen (secondary N) is 1. The number of alkyl halides is 1. The molecule has 1 aromatic heterocycles. The number of aromatic amines is 1. The molecule has 1 unspecified atom stereocenters. The van der Waals surface area contributed by atoms with Gasteiger partial charge in [0.05, 0.1) is 6.61 Å². The maximum Gasteiger partial charge on any atom is 0.327 e. The Morgan fingerprint density at radius 2 is 2.40 bits per heavy atom. The molecule has 1 saturated heterocycles. The van der Waals surface area contributed by atoms with E-state index in [1.807, 2.05) is 0 Å². The first-order valence-electron chi connectivity index (χ1n) is 5.70. The van der Waals surface area contributed by atoms with Crippen LogP contribution in [0.5, 0.6) is 0 Å². The van der Waals surface area contributed by atoms with E-state index < -0.39 is 33.3 Å². The second kappa shape index (κ2) is 6.19. The fourth-order valence-corrected chi connectivity index (χ4v) is 2.40. The minimum Gasteiger partial charge on any atom is -0.387 e. The molecule has 0 spiro atoms. The Morgan fingerprint density at radius 1 is 1.70 bits per heavy atom. The number of halogens is 1. The fourth-order valence-electron chi connectivity index (χ4n) is 1.94. The number of rotatable bonds is 4. The molecule has 110 valence electrons. The van der Waals surface area contributed by atoms with Crippen molar-refractivity contribution in [3.63, 3.8) is 0 Å². The van der Waals surface area contributed by atoms with E-state index in [4.69, 9.17) is 17.0 Å². The van der Waals surface area contributed by atoms with Gasteiger partial charge in [-0.1, -0.05) is 0 Å². The highest BCUT2D eigenvalue weighted by atomic mass is 32.1. The van der Waals surface area contributed by atoms with E-state index >= 15 is 0 Å². The topological polar surface area (TPSA) is 93.5 Å². The summed E-state index contributed by atoms with van der Waals surface area (Å²) in [5.41, 5.74) is -0.0353. The molecule has 0 aliphatic carbocycles. The third-order valence-electron chi connectivity index (χ3n) is 3.01. The zero-order valence-electron chi connectivity index (χ0n) is 10.4. The second-order valence-corrected chi connectivity index (χ2v) is 5.14. The van der Waals surface area contributed by atoms with Gasteiger partial charge in [0.15, 0.2) is 17.2 Å². The highest BCUT2D eigenvalue weighted by Crippen LogP contribution is 2.32. The molecule has 0 bridgehead atoms. The molecule has 1 aromatic rings. The van der Waals surface area contributed by atoms with E-state index in [1.165, 1.54) is 10.8 Å². The van der Waals surface area contributed by atoms with Crippen LogP contribution in [-0.2, 0) is 13.8 Å². The SMILES string of the molecule is Cc1cn([C@H]2O[C@@H](COP=O)C(O)[C@H]2F)c(=S)[nH]c1=O. The maximum absolute atomic E-state index is 14.1. The number of hydrogen-bond acceptors (Lipinski definition) is 6. The zero-order chi connectivity index (χ0) is 14.9. The summed E-state index contributed by atoms with van der Waals surface area (Å²) in [6, 6.07) is 0. The van der Waals surface area contributed by atoms with Gasteiger partial charge < -0.3 is 9.84 Å². The van der Waals surface area contributed by atoms with Gasteiger partial charge in [-0.25, -0.2) is 8.96 Å². The van der Waals surface area contributed by atoms with Crippen LogP contribution in [0.2, 0.25) is 0 Å². The van der Waals surface area contributed by atoms with Crippen LogP contribution in [0, 0.1) is 11.7 Å². The van der Waals surface area contributed by atoms with Crippen molar-refractivity contribution in [3.8, 4) is 0 Å². The average Bonchev–Trinajstić information content (AvgIpc) is 2.68. The number of hydrogen-bond donors (Lipinski definition) is 2. The van der Waals surface area contributed by atoms with Gasteiger partial charge in [0.25, 0.3) is 5.56 Å². The van der Waals surface area contributed by atoms with E-state index in [2.05, 4.69) is 9.51 Å². The highest BCUT2D eigenvalue weighted by Gasteiger charge is 2.45. The number of aryl methyl sites for hydroxylation is 1. The third-order valence-corrected chi connectivity index (χ3v) is 3.57.